The van der Waals surface area contributed by atoms with Crippen molar-refractivity contribution < 1.29 is 23.4 Å². The second-order valence-corrected chi connectivity index (χ2v) is 3.98. The molecule has 0 aromatic carbocycles. The van der Waals surface area contributed by atoms with Crippen molar-refractivity contribution in [1.29, 1.82) is 0 Å². The van der Waals surface area contributed by atoms with Gasteiger partial charge in [0.15, 0.2) is 0 Å². The Bertz CT molecular complexity index is 441. The minimum Gasteiger partial charge on any atom is -0.506 e. The molecule has 1 rings (SSSR count). The predicted octanol–water partition coefficient (Wildman–Crippen LogP) is 2.73. The van der Waals surface area contributed by atoms with Gasteiger partial charge in [0.2, 0.25) is 0 Å². The van der Waals surface area contributed by atoms with Gasteiger partial charge in [-0.1, -0.05) is 15.9 Å². The fourth-order valence-corrected chi connectivity index (χ4v) is 1.82. The molecule has 0 aliphatic carbocycles. The van der Waals surface area contributed by atoms with Gasteiger partial charge in [-0.05, 0) is 18.6 Å². The first kappa shape index (κ1) is 14.8. The minimum atomic E-state index is -2.76. The van der Waals surface area contributed by atoms with Gasteiger partial charge in [0.25, 0.3) is 6.43 Å². The quantitative estimate of drug-likeness (QED) is 0.668. The average Bonchev–Trinajstić information content (AvgIpc) is 2.31. The van der Waals surface area contributed by atoms with E-state index in [0.29, 0.717) is 0 Å². The number of alkyl halides is 3. The summed E-state index contributed by atoms with van der Waals surface area (Å²) in [6.45, 7) is 1.81. The molecule has 1 aromatic heterocycles. The third kappa shape index (κ3) is 3.63. The number of nitrogens with zero attached hydrogens (tertiary/aromatic N) is 1. The van der Waals surface area contributed by atoms with Gasteiger partial charge in [0.05, 0.1) is 18.7 Å². The highest BCUT2D eigenvalue weighted by Crippen LogP contribution is 2.28. The van der Waals surface area contributed by atoms with E-state index in [-0.39, 0.29) is 35.4 Å². The Morgan fingerprint density at radius 3 is 2.78 bits per heavy atom. The molecule has 100 valence electrons. The molecular formula is C11H12BrF2NO3. The topological polar surface area (TPSA) is 59.4 Å². The van der Waals surface area contributed by atoms with Crippen molar-refractivity contribution in [2.75, 3.05) is 6.61 Å². The van der Waals surface area contributed by atoms with E-state index in [1.807, 2.05) is 0 Å². The molecule has 0 unspecified atom stereocenters. The van der Waals surface area contributed by atoms with Crippen molar-refractivity contribution in [3.8, 4) is 5.75 Å². The molecule has 0 amide bonds. The van der Waals surface area contributed by atoms with Crippen molar-refractivity contribution in [2.45, 2.75) is 25.1 Å². The fourth-order valence-electron chi connectivity index (χ4n) is 1.37. The van der Waals surface area contributed by atoms with Gasteiger partial charge in [0, 0.05) is 5.33 Å². The lowest BCUT2D eigenvalue weighted by Gasteiger charge is -2.10. The summed E-state index contributed by atoms with van der Waals surface area (Å²) < 4.78 is 30.1. The summed E-state index contributed by atoms with van der Waals surface area (Å²) in [6.07, 6.45) is -3.10. The van der Waals surface area contributed by atoms with Gasteiger partial charge in [-0.25, -0.2) is 13.8 Å². The van der Waals surface area contributed by atoms with E-state index in [1.165, 1.54) is 6.07 Å². The van der Waals surface area contributed by atoms with Gasteiger partial charge < -0.3 is 9.84 Å². The highest BCUT2D eigenvalue weighted by molar-refractivity contribution is 9.08. The lowest BCUT2D eigenvalue weighted by atomic mass is 10.1. The third-order valence-corrected chi connectivity index (χ3v) is 2.76. The minimum absolute atomic E-state index is 0.103. The summed E-state index contributed by atoms with van der Waals surface area (Å²) in [7, 11) is 0. The maximum atomic E-state index is 12.7. The Morgan fingerprint density at radius 1 is 1.61 bits per heavy atom. The van der Waals surface area contributed by atoms with Gasteiger partial charge >= 0.3 is 5.97 Å². The molecule has 0 bridgehead atoms. The Hall–Kier alpha value is -1.24. The van der Waals surface area contributed by atoms with Crippen LogP contribution in [0.4, 0.5) is 8.78 Å². The average molecular weight is 324 g/mol. The first-order valence-corrected chi connectivity index (χ1v) is 6.33. The maximum absolute atomic E-state index is 12.7. The number of esters is 1. The van der Waals surface area contributed by atoms with Crippen LogP contribution in [0.3, 0.4) is 0 Å². The monoisotopic (exact) mass is 323 g/mol. The zero-order valence-electron chi connectivity index (χ0n) is 9.62. The number of carbonyl (C=O) groups is 1. The zero-order chi connectivity index (χ0) is 13.7. The standard InChI is InChI=1S/C11H12BrF2NO3/c1-2-18-9(17)4-7-8(16)3-6(5-12)10(15-7)11(13)14/h3,11,16H,2,4-5H2,1H3. The van der Waals surface area contributed by atoms with E-state index in [1.54, 1.807) is 6.92 Å². The number of hydrogen-bond donors (Lipinski definition) is 1. The number of ether oxygens (including phenoxy) is 1. The molecule has 18 heavy (non-hydrogen) atoms. The van der Waals surface area contributed by atoms with Crippen LogP contribution in [0.25, 0.3) is 0 Å². The van der Waals surface area contributed by atoms with Crippen LogP contribution in [0.15, 0.2) is 6.07 Å². The Balaban J connectivity index is 3.05. The summed E-state index contributed by atoms with van der Waals surface area (Å²) >= 11 is 3.04. The first-order chi connectivity index (χ1) is 8.49. The van der Waals surface area contributed by atoms with Gasteiger partial charge in [-0.3, -0.25) is 4.79 Å². The number of halogens is 3. The summed E-state index contributed by atoms with van der Waals surface area (Å²) in [6, 6.07) is 1.18. The van der Waals surface area contributed by atoms with E-state index < -0.39 is 18.1 Å². The molecule has 0 aliphatic rings. The molecule has 0 saturated carbocycles. The molecule has 0 atom stereocenters. The molecule has 1 heterocycles. The zero-order valence-corrected chi connectivity index (χ0v) is 11.2. The molecule has 0 fully saturated rings. The molecule has 4 nitrogen and oxygen atoms in total. The number of carbonyl (C=O) groups excluding carboxylic acids is 1. The molecule has 1 N–H and O–H groups in total. The summed E-state index contributed by atoms with van der Waals surface area (Å²) in [5.74, 6) is -0.908. The number of aromatic nitrogens is 1. The van der Waals surface area contributed by atoms with E-state index in [4.69, 9.17) is 0 Å². The van der Waals surface area contributed by atoms with Crippen LogP contribution < -0.4 is 0 Å². The van der Waals surface area contributed by atoms with Crippen LogP contribution in [0.1, 0.15) is 30.3 Å². The van der Waals surface area contributed by atoms with Crippen molar-refractivity contribution in [1.82, 2.24) is 4.98 Å². The van der Waals surface area contributed by atoms with Gasteiger partial charge in [-0.15, -0.1) is 0 Å². The Morgan fingerprint density at radius 2 is 2.28 bits per heavy atom. The summed E-state index contributed by atoms with van der Waals surface area (Å²) in [5.41, 5.74) is -0.354. The van der Waals surface area contributed by atoms with E-state index in [2.05, 4.69) is 25.7 Å². The molecular weight excluding hydrogens is 312 g/mol. The SMILES string of the molecule is CCOC(=O)Cc1nc(C(F)F)c(CBr)cc1O. The van der Waals surface area contributed by atoms with Crippen LogP contribution in [-0.4, -0.2) is 22.7 Å². The molecule has 0 radical (unpaired) electrons. The molecule has 1 aromatic rings. The first-order valence-electron chi connectivity index (χ1n) is 5.21. The van der Waals surface area contributed by atoms with Crippen molar-refractivity contribution in [2.24, 2.45) is 0 Å². The van der Waals surface area contributed by atoms with E-state index >= 15 is 0 Å². The third-order valence-electron chi connectivity index (χ3n) is 2.16. The smallest absolute Gasteiger partial charge is 0.312 e. The van der Waals surface area contributed by atoms with E-state index in [9.17, 15) is 18.7 Å². The van der Waals surface area contributed by atoms with Crippen LogP contribution in [0, 0.1) is 0 Å². The van der Waals surface area contributed by atoms with Crippen LogP contribution in [0.5, 0.6) is 5.75 Å². The van der Waals surface area contributed by atoms with E-state index in [0.717, 1.165) is 0 Å². The largest absolute Gasteiger partial charge is 0.506 e. The second kappa shape index (κ2) is 6.63. The Kier molecular flexibility index (Phi) is 5.46. The van der Waals surface area contributed by atoms with Crippen LogP contribution in [0.2, 0.25) is 0 Å². The number of aromatic hydroxyl groups is 1. The van der Waals surface area contributed by atoms with Crippen molar-refractivity contribution in [3.63, 3.8) is 0 Å². The van der Waals surface area contributed by atoms with Crippen LogP contribution in [-0.2, 0) is 21.3 Å². The normalized spacial score (nSPS) is 10.7. The number of pyridine rings is 1. The van der Waals surface area contributed by atoms with Gasteiger partial charge in [0.1, 0.15) is 11.4 Å². The lowest BCUT2D eigenvalue weighted by Crippen LogP contribution is -2.11. The molecule has 0 spiro atoms. The van der Waals surface area contributed by atoms with Gasteiger partial charge in [-0.2, -0.15) is 0 Å². The maximum Gasteiger partial charge on any atom is 0.312 e. The molecule has 0 saturated heterocycles. The van der Waals surface area contributed by atoms with Crippen molar-refractivity contribution >= 4 is 21.9 Å². The number of rotatable bonds is 5. The highest BCUT2D eigenvalue weighted by Gasteiger charge is 2.19. The summed E-state index contributed by atoms with van der Waals surface area (Å²) in [5, 5.41) is 9.76. The van der Waals surface area contributed by atoms with Crippen LogP contribution >= 0.6 is 15.9 Å². The molecule has 0 aliphatic heterocycles. The number of hydrogen-bond acceptors (Lipinski definition) is 4. The second-order valence-electron chi connectivity index (χ2n) is 3.41. The Labute approximate surface area is 111 Å². The highest BCUT2D eigenvalue weighted by atomic mass is 79.9. The predicted molar refractivity (Wildman–Crippen MR) is 63.8 cm³/mol. The fraction of sp³-hybridized carbons (Fsp3) is 0.455. The summed E-state index contributed by atoms with van der Waals surface area (Å²) in [4.78, 5) is 14.9. The molecule has 7 heteroatoms. The lowest BCUT2D eigenvalue weighted by molar-refractivity contribution is -0.142. The van der Waals surface area contributed by atoms with Crippen molar-refractivity contribution in [3.05, 3.63) is 23.0 Å².